The molecule has 0 aliphatic rings. The second-order valence-corrected chi connectivity index (χ2v) is 6.58. The van der Waals surface area contributed by atoms with Gasteiger partial charge >= 0.3 is 0 Å². The number of hydrogen-bond acceptors (Lipinski definition) is 6. The minimum Gasteiger partial charge on any atom is -0.507 e. The van der Waals surface area contributed by atoms with E-state index in [0.29, 0.717) is 45.4 Å². The van der Waals surface area contributed by atoms with Crippen molar-refractivity contribution in [1.82, 2.24) is 9.97 Å². The van der Waals surface area contributed by atoms with Crippen LogP contribution in [0.4, 0.5) is 0 Å². The maximum atomic E-state index is 10.3. The highest BCUT2D eigenvalue weighted by Gasteiger charge is 2.12. The van der Waals surface area contributed by atoms with Crippen LogP contribution in [0.25, 0.3) is 33.9 Å². The Morgan fingerprint density at radius 1 is 0.567 bits per heavy atom. The van der Waals surface area contributed by atoms with Gasteiger partial charge in [-0.15, -0.1) is 0 Å². The zero-order valence-corrected chi connectivity index (χ0v) is 16.5. The molecular weight excluding hydrogens is 380 g/mol. The predicted molar refractivity (Wildman–Crippen MR) is 115 cm³/mol. The molecule has 0 aliphatic heterocycles. The molecule has 6 nitrogen and oxygen atoms in total. The maximum absolute atomic E-state index is 10.3. The van der Waals surface area contributed by atoms with Crippen molar-refractivity contribution in [3.8, 4) is 56.9 Å². The van der Waals surface area contributed by atoms with E-state index in [1.165, 1.54) is 0 Å². The summed E-state index contributed by atoms with van der Waals surface area (Å²) in [5.41, 5.74) is 3.61. The molecule has 4 rings (SSSR count). The minimum absolute atomic E-state index is 0.114. The van der Waals surface area contributed by atoms with E-state index >= 15 is 0 Å². The molecule has 150 valence electrons. The molecule has 0 atom stereocenters. The molecule has 0 saturated carbocycles. The van der Waals surface area contributed by atoms with Gasteiger partial charge < -0.3 is 19.7 Å². The van der Waals surface area contributed by atoms with E-state index in [4.69, 9.17) is 9.47 Å². The first-order valence-corrected chi connectivity index (χ1v) is 9.28. The van der Waals surface area contributed by atoms with Gasteiger partial charge in [-0.25, -0.2) is 9.97 Å². The molecule has 2 aromatic carbocycles. The molecular formula is C24H20N2O4. The van der Waals surface area contributed by atoms with Crippen LogP contribution in [-0.4, -0.2) is 34.4 Å². The summed E-state index contributed by atoms with van der Waals surface area (Å²) in [7, 11) is 3.15. The number of phenols is 2. The number of ether oxygens (including phenoxy) is 2. The monoisotopic (exact) mass is 400 g/mol. The second kappa shape index (κ2) is 8.13. The summed E-state index contributed by atoms with van der Waals surface area (Å²) in [4.78, 5) is 9.35. The fourth-order valence-electron chi connectivity index (χ4n) is 3.15. The Hall–Kier alpha value is -4.06. The van der Waals surface area contributed by atoms with Gasteiger partial charge in [0.2, 0.25) is 0 Å². The predicted octanol–water partition coefficient (Wildman–Crippen LogP) is 4.91. The lowest BCUT2D eigenvalue weighted by atomic mass is 10.1. The molecule has 30 heavy (non-hydrogen) atoms. The van der Waals surface area contributed by atoms with Crippen molar-refractivity contribution in [2.24, 2.45) is 0 Å². The van der Waals surface area contributed by atoms with E-state index in [9.17, 15) is 10.2 Å². The molecule has 0 saturated heterocycles. The summed E-state index contributed by atoms with van der Waals surface area (Å²) in [5.74, 6) is 1.49. The summed E-state index contributed by atoms with van der Waals surface area (Å²) in [6.45, 7) is 0. The molecule has 0 aliphatic carbocycles. The van der Waals surface area contributed by atoms with Gasteiger partial charge in [0, 0.05) is 11.1 Å². The van der Waals surface area contributed by atoms with Crippen LogP contribution in [0, 0.1) is 0 Å². The third kappa shape index (κ3) is 3.75. The lowest BCUT2D eigenvalue weighted by Crippen LogP contribution is -1.93. The average Bonchev–Trinajstić information content (AvgIpc) is 2.80. The van der Waals surface area contributed by atoms with Crippen molar-refractivity contribution in [2.45, 2.75) is 0 Å². The summed E-state index contributed by atoms with van der Waals surface area (Å²) in [6, 6.07) is 21.0. The third-order valence-corrected chi connectivity index (χ3v) is 4.72. The third-order valence-electron chi connectivity index (χ3n) is 4.72. The van der Waals surface area contributed by atoms with Gasteiger partial charge in [0.1, 0.15) is 23.0 Å². The smallest absolute Gasteiger partial charge is 0.125 e. The molecule has 0 fully saturated rings. The Labute approximate surface area is 174 Å². The standard InChI is InChI=1S/C24H20N2O4/c1-29-15-9-11-23(27)17(13-15)19-5-3-7-21(25-19)22-8-4-6-20(26-22)18-14-16(30-2)10-12-24(18)28/h3-14,27-28H,1-2H3. The van der Waals surface area contributed by atoms with Gasteiger partial charge in [0.15, 0.2) is 0 Å². The van der Waals surface area contributed by atoms with Crippen LogP contribution in [0.2, 0.25) is 0 Å². The molecule has 4 aromatic rings. The Bertz CT molecular complexity index is 1110. The van der Waals surface area contributed by atoms with Crippen molar-refractivity contribution >= 4 is 0 Å². The first kappa shape index (κ1) is 19.3. The summed E-state index contributed by atoms with van der Waals surface area (Å²) in [5, 5.41) is 20.5. The first-order chi connectivity index (χ1) is 14.6. The number of aromatic hydroxyl groups is 2. The van der Waals surface area contributed by atoms with Crippen LogP contribution in [0.15, 0.2) is 72.8 Å². The Balaban J connectivity index is 1.76. The zero-order valence-electron chi connectivity index (χ0n) is 16.5. The van der Waals surface area contributed by atoms with E-state index in [2.05, 4.69) is 9.97 Å². The number of methoxy groups -OCH3 is 2. The van der Waals surface area contributed by atoms with Crippen LogP contribution in [-0.2, 0) is 0 Å². The van der Waals surface area contributed by atoms with E-state index in [1.54, 1.807) is 50.6 Å². The second-order valence-electron chi connectivity index (χ2n) is 6.58. The van der Waals surface area contributed by atoms with E-state index in [1.807, 2.05) is 36.4 Å². The Morgan fingerprint density at radius 2 is 0.967 bits per heavy atom. The Kier molecular flexibility index (Phi) is 5.22. The maximum Gasteiger partial charge on any atom is 0.125 e. The van der Waals surface area contributed by atoms with Gasteiger partial charge in [0.25, 0.3) is 0 Å². The zero-order chi connectivity index (χ0) is 21.1. The fraction of sp³-hybridized carbons (Fsp3) is 0.0833. The quantitative estimate of drug-likeness (QED) is 0.495. The summed E-state index contributed by atoms with van der Waals surface area (Å²) >= 11 is 0. The number of phenolic OH excluding ortho intramolecular Hbond substituents is 2. The van der Waals surface area contributed by atoms with Crippen molar-refractivity contribution in [2.75, 3.05) is 14.2 Å². The van der Waals surface area contributed by atoms with Crippen LogP contribution in [0.3, 0.4) is 0 Å². The molecule has 0 amide bonds. The highest BCUT2D eigenvalue weighted by Crippen LogP contribution is 2.34. The SMILES string of the molecule is COc1ccc(O)c(-c2cccc(-c3cccc(-c4cc(OC)ccc4O)n3)n2)c1. The molecule has 0 radical (unpaired) electrons. The Morgan fingerprint density at radius 3 is 1.37 bits per heavy atom. The first-order valence-electron chi connectivity index (χ1n) is 9.28. The average molecular weight is 400 g/mol. The molecule has 0 spiro atoms. The van der Waals surface area contributed by atoms with Gasteiger partial charge in [-0.3, -0.25) is 0 Å². The number of aromatic nitrogens is 2. The molecule has 0 bridgehead atoms. The molecule has 2 aromatic heterocycles. The van der Waals surface area contributed by atoms with Gasteiger partial charge in [-0.05, 0) is 60.7 Å². The van der Waals surface area contributed by atoms with Crippen molar-refractivity contribution < 1.29 is 19.7 Å². The summed E-state index contributed by atoms with van der Waals surface area (Å²) < 4.78 is 10.5. The topological polar surface area (TPSA) is 84.7 Å². The van der Waals surface area contributed by atoms with Crippen LogP contribution in [0.1, 0.15) is 0 Å². The lowest BCUT2D eigenvalue weighted by molar-refractivity contribution is 0.412. The minimum atomic E-state index is 0.114. The molecule has 6 heteroatoms. The van der Waals surface area contributed by atoms with E-state index in [0.717, 1.165) is 0 Å². The number of nitrogens with zero attached hydrogens (tertiary/aromatic N) is 2. The van der Waals surface area contributed by atoms with Crippen LogP contribution < -0.4 is 9.47 Å². The lowest BCUT2D eigenvalue weighted by Gasteiger charge is -2.10. The molecule has 0 unspecified atom stereocenters. The fourth-order valence-corrected chi connectivity index (χ4v) is 3.15. The highest BCUT2D eigenvalue weighted by atomic mass is 16.5. The number of benzene rings is 2. The van der Waals surface area contributed by atoms with Crippen molar-refractivity contribution in [3.63, 3.8) is 0 Å². The van der Waals surface area contributed by atoms with Gasteiger partial charge in [-0.2, -0.15) is 0 Å². The number of rotatable bonds is 5. The van der Waals surface area contributed by atoms with E-state index < -0.39 is 0 Å². The molecule has 2 heterocycles. The van der Waals surface area contributed by atoms with Crippen molar-refractivity contribution in [3.05, 3.63) is 72.8 Å². The largest absolute Gasteiger partial charge is 0.507 e. The normalized spacial score (nSPS) is 10.6. The van der Waals surface area contributed by atoms with Gasteiger partial charge in [0.05, 0.1) is 37.0 Å². The number of pyridine rings is 2. The van der Waals surface area contributed by atoms with Crippen LogP contribution in [0.5, 0.6) is 23.0 Å². The van der Waals surface area contributed by atoms with Crippen LogP contribution >= 0.6 is 0 Å². The summed E-state index contributed by atoms with van der Waals surface area (Å²) in [6.07, 6.45) is 0. The highest BCUT2D eigenvalue weighted by molar-refractivity contribution is 5.73. The van der Waals surface area contributed by atoms with Gasteiger partial charge in [-0.1, -0.05) is 12.1 Å². The number of hydrogen-bond donors (Lipinski definition) is 2. The van der Waals surface area contributed by atoms with E-state index in [-0.39, 0.29) is 11.5 Å². The molecule has 2 N–H and O–H groups in total. The van der Waals surface area contributed by atoms with Crippen molar-refractivity contribution in [1.29, 1.82) is 0 Å².